The highest BCUT2D eigenvalue weighted by atomic mass is 14.0. The van der Waals surface area contributed by atoms with Gasteiger partial charge in [0, 0.05) is 0 Å². The molecule has 0 fully saturated rings. The second-order valence-corrected chi connectivity index (χ2v) is 4.39. The highest BCUT2D eigenvalue weighted by Crippen LogP contribution is 2.10. The summed E-state index contributed by atoms with van der Waals surface area (Å²) in [5, 5.41) is 0. The maximum Gasteiger partial charge on any atom is -0.0422 e. The van der Waals surface area contributed by atoms with Crippen LogP contribution >= 0.6 is 0 Å². The maximum absolute atomic E-state index is 2.31. The summed E-state index contributed by atoms with van der Waals surface area (Å²) >= 11 is 0. The Morgan fingerprint density at radius 2 is 1.14 bits per heavy atom. The standard InChI is InChI=1S/2C7H16/c1-4-6-7(3)5-2;1-4-7(5-2)6-3/h2*7H,4-6H2,1-3H3. The lowest BCUT2D eigenvalue weighted by molar-refractivity contribution is 0.477. The van der Waals surface area contributed by atoms with Crippen molar-refractivity contribution in [2.75, 3.05) is 0 Å². The molecule has 0 spiro atoms. The van der Waals surface area contributed by atoms with Gasteiger partial charge in [0.15, 0.2) is 0 Å². The van der Waals surface area contributed by atoms with E-state index in [4.69, 9.17) is 0 Å². The molecule has 0 aromatic heterocycles. The lowest BCUT2D eigenvalue weighted by Crippen LogP contribution is -1.91. The Bertz CT molecular complexity index is 76.5. The van der Waals surface area contributed by atoms with Gasteiger partial charge in [-0.05, 0) is 11.8 Å². The van der Waals surface area contributed by atoms with E-state index in [2.05, 4.69) is 41.5 Å². The van der Waals surface area contributed by atoms with E-state index in [0.717, 1.165) is 11.8 Å². The SMILES string of the molecule is CCC(CC)CC.CCCC(C)CC. The van der Waals surface area contributed by atoms with E-state index in [1.54, 1.807) is 0 Å². The Kier molecular flexibility index (Phi) is 15.3. The van der Waals surface area contributed by atoms with Crippen molar-refractivity contribution in [1.29, 1.82) is 0 Å². The van der Waals surface area contributed by atoms with Gasteiger partial charge in [0.2, 0.25) is 0 Å². The molecule has 0 amide bonds. The zero-order valence-electron chi connectivity index (χ0n) is 11.4. The van der Waals surface area contributed by atoms with Gasteiger partial charge in [0.25, 0.3) is 0 Å². The largest absolute Gasteiger partial charge is 0.0654 e. The minimum atomic E-state index is 0.949. The lowest BCUT2D eigenvalue weighted by atomic mass is 10.0. The van der Waals surface area contributed by atoms with Gasteiger partial charge in [-0.15, -0.1) is 0 Å². The van der Waals surface area contributed by atoms with E-state index >= 15 is 0 Å². The molecule has 0 saturated carbocycles. The molecule has 1 atom stereocenters. The average molecular weight is 200 g/mol. The molecule has 0 aliphatic rings. The van der Waals surface area contributed by atoms with E-state index < -0.39 is 0 Å². The van der Waals surface area contributed by atoms with Crippen molar-refractivity contribution in [2.45, 2.75) is 80.1 Å². The van der Waals surface area contributed by atoms with E-state index in [-0.39, 0.29) is 0 Å². The third-order valence-corrected chi connectivity index (χ3v) is 3.21. The Morgan fingerprint density at radius 3 is 1.21 bits per heavy atom. The van der Waals surface area contributed by atoms with Crippen LogP contribution in [0, 0.1) is 11.8 Å². The highest BCUT2D eigenvalue weighted by Gasteiger charge is 1.95. The van der Waals surface area contributed by atoms with Crippen LogP contribution in [0.3, 0.4) is 0 Å². The fraction of sp³-hybridized carbons (Fsp3) is 1.00. The summed E-state index contributed by atoms with van der Waals surface area (Å²) in [4.78, 5) is 0. The average Bonchev–Trinajstić information content (AvgIpc) is 2.22. The van der Waals surface area contributed by atoms with Gasteiger partial charge in [0.05, 0.1) is 0 Å². The van der Waals surface area contributed by atoms with Gasteiger partial charge in [-0.3, -0.25) is 0 Å². The second kappa shape index (κ2) is 13.0. The van der Waals surface area contributed by atoms with Crippen LogP contribution in [-0.4, -0.2) is 0 Å². The normalized spacial score (nSPS) is 12.2. The predicted octanol–water partition coefficient (Wildman–Crippen LogP) is 5.67. The molecular formula is C14H32. The summed E-state index contributed by atoms with van der Waals surface area (Å²) in [6.45, 7) is 13.6. The highest BCUT2D eigenvalue weighted by molar-refractivity contribution is 4.48. The number of hydrogen-bond acceptors (Lipinski definition) is 0. The third kappa shape index (κ3) is 12.0. The molecule has 0 heterocycles. The van der Waals surface area contributed by atoms with Crippen molar-refractivity contribution < 1.29 is 0 Å². The summed E-state index contributed by atoms with van der Waals surface area (Å²) in [6.07, 6.45) is 8.15. The minimum absolute atomic E-state index is 0.949. The molecular weight excluding hydrogens is 168 g/mol. The van der Waals surface area contributed by atoms with Gasteiger partial charge in [-0.25, -0.2) is 0 Å². The van der Waals surface area contributed by atoms with E-state index in [9.17, 15) is 0 Å². The molecule has 0 bridgehead atoms. The van der Waals surface area contributed by atoms with Crippen LogP contribution in [0.4, 0.5) is 0 Å². The predicted molar refractivity (Wildman–Crippen MR) is 68.7 cm³/mol. The summed E-state index contributed by atoms with van der Waals surface area (Å²) in [5.41, 5.74) is 0. The summed E-state index contributed by atoms with van der Waals surface area (Å²) in [7, 11) is 0. The quantitative estimate of drug-likeness (QED) is 0.518. The second-order valence-electron chi connectivity index (χ2n) is 4.39. The zero-order chi connectivity index (χ0) is 11.4. The molecule has 14 heavy (non-hydrogen) atoms. The first kappa shape index (κ1) is 16.4. The van der Waals surface area contributed by atoms with Crippen molar-refractivity contribution >= 4 is 0 Å². The molecule has 0 heteroatoms. The van der Waals surface area contributed by atoms with Crippen molar-refractivity contribution in [2.24, 2.45) is 11.8 Å². The van der Waals surface area contributed by atoms with Gasteiger partial charge in [0.1, 0.15) is 0 Å². The van der Waals surface area contributed by atoms with E-state index in [1.165, 1.54) is 38.5 Å². The Balaban J connectivity index is 0. The fourth-order valence-corrected chi connectivity index (χ4v) is 1.56. The molecule has 0 N–H and O–H groups in total. The molecule has 0 aliphatic carbocycles. The lowest BCUT2D eigenvalue weighted by Gasteiger charge is -2.05. The Morgan fingerprint density at radius 1 is 0.714 bits per heavy atom. The van der Waals surface area contributed by atoms with Crippen LogP contribution in [0.15, 0.2) is 0 Å². The van der Waals surface area contributed by atoms with Gasteiger partial charge in [-0.2, -0.15) is 0 Å². The van der Waals surface area contributed by atoms with Crippen LogP contribution in [-0.2, 0) is 0 Å². The molecule has 1 unspecified atom stereocenters. The molecule has 0 rings (SSSR count). The molecule has 0 aliphatic heterocycles. The molecule has 0 aromatic rings. The van der Waals surface area contributed by atoms with Crippen LogP contribution in [0.5, 0.6) is 0 Å². The first-order chi connectivity index (χ1) is 6.65. The summed E-state index contributed by atoms with van der Waals surface area (Å²) < 4.78 is 0. The molecule has 88 valence electrons. The first-order valence-electron chi connectivity index (χ1n) is 6.65. The van der Waals surface area contributed by atoms with Crippen LogP contribution in [0.2, 0.25) is 0 Å². The van der Waals surface area contributed by atoms with Gasteiger partial charge in [-0.1, -0.05) is 80.1 Å². The van der Waals surface area contributed by atoms with Crippen LogP contribution < -0.4 is 0 Å². The Labute approximate surface area is 92.5 Å². The Hall–Kier alpha value is 0. The monoisotopic (exact) mass is 200 g/mol. The number of hydrogen-bond donors (Lipinski definition) is 0. The van der Waals surface area contributed by atoms with Crippen molar-refractivity contribution in [1.82, 2.24) is 0 Å². The van der Waals surface area contributed by atoms with Crippen LogP contribution in [0.25, 0.3) is 0 Å². The first-order valence-corrected chi connectivity index (χ1v) is 6.65. The van der Waals surface area contributed by atoms with E-state index in [1.807, 2.05) is 0 Å². The van der Waals surface area contributed by atoms with E-state index in [0.29, 0.717) is 0 Å². The fourth-order valence-electron chi connectivity index (χ4n) is 1.56. The molecule has 0 radical (unpaired) electrons. The van der Waals surface area contributed by atoms with Crippen molar-refractivity contribution in [3.8, 4) is 0 Å². The zero-order valence-corrected chi connectivity index (χ0v) is 11.4. The number of rotatable bonds is 6. The molecule has 0 saturated heterocycles. The topological polar surface area (TPSA) is 0 Å². The smallest absolute Gasteiger partial charge is 0.0422 e. The molecule has 0 aromatic carbocycles. The van der Waals surface area contributed by atoms with Crippen LogP contribution in [0.1, 0.15) is 80.1 Å². The van der Waals surface area contributed by atoms with Crippen molar-refractivity contribution in [3.63, 3.8) is 0 Å². The minimum Gasteiger partial charge on any atom is -0.0654 e. The summed E-state index contributed by atoms with van der Waals surface area (Å²) in [6, 6.07) is 0. The van der Waals surface area contributed by atoms with Crippen molar-refractivity contribution in [3.05, 3.63) is 0 Å². The third-order valence-electron chi connectivity index (χ3n) is 3.21. The van der Waals surface area contributed by atoms with Gasteiger partial charge < -0.3 is 0 Å². The summed E-state index contributed by atoms with van der Waals surface area (Å²) in [5.74, 6) is 1.94. The maximum atomic E-state index is 2.31. The molecule has 0 nitrogen and oxygen atoms in total. The van der Waals surface area contributed by atoms with Gasteiger partial charge >= 0.3 is 0 Å².